The summed E-state index contributed by atoms with van der Waals surface area (Å²) in [5.74, 6) is 0. The minimum atomic E-state index is 0.0425. The van der Waals surface area contributed by atoms with Crippen molar-refractivity contribution in [1.29, 1.82) is 0 Å². The van der Waals surface area contributed by atoms with Crippen LogP contribution in [0.5, 0.6) is 0 Å². The molecule has 0 saturated heterocycles. The molecule has 4 rings (SSSR count). The molecule has 0 unspecified atom stereocenters. The van der Waals surface area contributed by atoms with Crippen LogP contribution in [0, 0.1) is 0 Å². The van der Waals surface area contributed by atoms with Crippen molar-refractivity contribution in [2.75, 3.05) is 0 Å². The zero-order valence-electron chi connectivity index (χ0n) is 15.3. The van der Waals surface area contributed by atoms with Gasteiger partial charge in [-0.1, -0.05) is 12.1 Å². The van der Waals surface area contributed by atoms with Gasteiger partial charge in [0.1, 0.15) is 0 Å². The Labute approximate surface area is 149 Å². The van der Waals surface area contributed by atoms with Gasteiger partial charge < -0.3 is 5.32 Å². The van der Waals surface area contributed by atoms with Crippen LogP contribution in [-0.2, 0) is 18.5 Å². The summed E-state index contributed by atoms with van der Waals surface area (Å²) in [6.45, 7) is 7.54. The molecule has 1 aliphatic carbocycles. The molecule has 4 heteroatoms. The highest BCUT2D eigenvalue weighted by Gasteiger charge is 2.27. The van der Waals surface area contributed by atoms with Crippen LogP contribution in [0.1, 0.15) is 56.5 Å². The summed E-state index contributed by atoms with van der Waals surface area (Å²) in [6, 6.07) is 11.0. The number of hydrogen-bond acceptors (Lipinski definition) is 3. The van der Waals surface area contributed by atoms with Gasteiger partial charge in [0, 0.05) is 35.4 Å². The molecule has 3 aromatic rings. The molecule has 1 aliphatic rings. The van der Waals surface area contributed by atoms with Gasteiger partial charge in [-0.05, 0) is 63.8 Å². The molecular weight excluding hydrogens is 308 g/mol. The van der Waals surface area contributed by atoms with E-state index in [4.69, 9.17) is 0 Å². The minimum absolute atomic E-state index is 0.0425. The van der Waals surface area contributed by atoms with Gasteiger partial charge in [0.15, 0.2) is 0 Å². The Kier molecular flexibility index (Phi) is 4.08. The molecule has 0 fully saturated rings. The Hall–Kier alpha value is -2.20. The van der Waals surface area contributed by atoms with Gasteiger partial charge in [0.2, 0.25) is 0 Å². The van der Waals surface area contributed by atoms with Gasteiger partial charge in [-0.25, -0.2) is 0 Å². The molecule has 0 radical (unpaired) electrons. The van der Waals surface area contributed by atoms with E-state index in [0.29, 0.717) is 6.04 Å². The Morgan fingerprint density at radius 2 is 2.12 bits per heavy atom. The normalized spacial score (nSPS) is 17.6. The summed E-state index contributed by atoms with van der Waals surface area (Å²) in [7, 11) is 0. The topological polar surface area (TPSA) is 42.7 Å². The van der Waals surface area contributed by atoms with Crippen molar-refractivity contribution in [1.82, 2.24) is 20.1 Å². The first kappa shape index (κ1) is 16.3. The van der Waals surface area contributed by atoms with Crippen molar-refractivity contribution in [3.63, 3.8) is 0 Å². The van der Waals surface area contributed by atoms with E-state index in [1.165, 1.54) is 35.0 Å². The van der Waals surface area contributed by atoms with Crippen LogP contribution in [-0.4, -0.2) is 14.8 Å². The first-order chi connectivity index (χ1) is 12.0. The van der Waals surface area contributed by atoms with Crippen molar-refractivity contribution >= 4 is 10.9 Å². The fourth-order valence-corrected chi connectivity index (χ4v) is 3.82. The molecule has 0 bridgehead atoms. The molecule has 1 atom stereocenters. The molecule has 1 N–H and O–H groups in total. The van der Waals surface area contributed by atoms with E-state index >= 15 is 0 Å². The third kappa shape index (κ3) is 3.19. The van der Waals surface area contributed by atoms with E-state index in [1.54, 1.807) is 0 Å². The summed E-state index contributed by atoms with van der Waals surface area (Å²) < 4.78 is 2.21. The van der Waals surface area contributed by atoms with Crippen LogP contribution in [0.25, 0.3) is 10.9 Å². The van der Waals surface area contributed by atoms with E-state index in [0.717, 1.165) is 18.5 Å². The summed E-state index contributed by atoms with van der Waals surface area (Å²) in [4.78, 5) is 4.40. The Morgan fingerprint density at radius 3 is 2.96 bits per heavy atom. The monoisotopic (exact) mass is 334 g/mol. The van der Waals surface area contributed by atoms with Crippen molar-refractivity contribution in [2.45, 2.75) is 58.2 Å². The molecule has 1 aromatic carbocycles. The SMILES string of the molecule is CC(C)(C)n1ncc2c1CCC[C@H]2NCc1ccc2ncccc2c1. The Balaban J connectivity index is 1.53. The first-order valence-electron chi connectivity index (χ1n) is 9.17. The standard InChI is InChI=1S/C21H26N4/c1-21(2,3)25-20-8-4-7-19(17(20)14-24-25)23-13-15-9-10-18-16(12-15)6-5-11-22-18/h5-6,9-12,14,19,23H,4,7-8,13H2,1-3H3/t19-/m1/s1. The second-order valence-electron chi connectivity index (χ2n) is 7.99. The minimum Gasteiger partial charge on any atom is -0.306 e. The van der Waals surface area contributed by atoms with Crippen LogP contribution in [0.15, 0.2) is 42.7 Å². The number of nitrogens with zero attached hydrogens (tertiary/aromatic N) is 3. The first-order valence-corrected chi connectivity index (χ1v) is 9.17. The third-order valence-electron chi connectivity index (χ3n) is 5.04. The lowest BCUT2D eigenvalue weighted by Crippen LogP contribution is -2.29. The fraction of sp³-hybridized carbons (Fsp3) is 0.429. The number of benzene rings is 1. The maximum absolute atomic E-state index is 4.68. The average Bonchev–Trinajstić information content (AvgIpc) is 3.05. The second-order valence-corrected chi connectivity index (χ2v) is 7.99. The third-order valence-corrected chi connectivity index (χ3v) is 5.04. The lowest BCUT2D eigenvalue weighted by Gasteiger charge is -2.28. The van der Waals surface area contributed by atoms with Crippen LogP contribution < -0.4 is 5.32 Å². The highest BCUT2D eigenvalue weighted by Crippen LogP contribution is 2.32. The molecular formula is C21H26N4. The van der Waals surface area contributed by atoms with Gasteiger partial charge in [0.05, 0.1) is 17.3 Å². The maximum atomic E-state index is 4.68. The summed E-state index contributed by atoms with van der Waals surface area (Å²) in [6.07, 6.45) is 7.44. The molecule has 4 nitrogen and oxygen atoms in total. The zero-order chi connectivity index (χ0) is 17.4. The number of rotatable bonds is 3. The average molecular weight is 334 g/mol. The highest BCUT2D eigenvalue weighted by atomic mass is 15.3. The number of hydrogen-bond donors (Lipinski definition) is 1. The summed E-state index contributed by atoms with van der Waals surface area (Å²) in [5, 5.41) is 9.63. The van der Waals surface area contributed by atoms with Crippen LogP contribution in [0.4, 0.5) is 0 Å². The largest absolute Gasteiger partial charge is 0.306 e. The van der Waals surface area contributed by atoms with E-state index in [-0.39, 0.29) is 5.54 Å². The molecule has 0 spiro atoms. The number of aromatic nitrogens is 3. The van der Waals surface area contributed by atoms with E-state index in [1.807, 2.05) is 12.3 Å². The summed E-state index contributed by atoms with van der Waals surface area (Å²) in [5.41, 5.74) is 5.18. The summed E-state index contributed by atoms with van der Waals surface area (Å²) >= 11 is 0. The number of pyridine rings is 1. The predicted molar refractivity (Wildman–Crippen MR) is 101 cm³/mol. The molecule has 2 heterocycles. The maximum Gasteiger partial charge on any atom is 0.0702 e. The van der Waals surface area contributed by atoms with Gasteiger partial charge in [0.25, 0.3) is 0 Å². The molecule has 0 aliphatic heterocycles. The molecule has 130 valence electrons. The number of fused-ring (bicyclic) bond motifs is 2. The quantitative estimate of drug-likeness (QED) is 0.774. The van der Waals surface area contributed by atoms with Crippen molar-refractivity contribution in [3.8, 4) is 0 Å². The lowest BCUT2D eigenvalue weighted by atomic mass is 9.92. The van der Waals surface area contributed by atoms with Crippen LogP contribution >= 0.6 is 0 Å². The second kappa shape index (κ2) is 6.26. The van der Waals surface area contributed by atoms with Crippen molar-refractivity contribution < 1.29 is 0 Å². The molecule has 0 amide bonds. The Morgan fingerprint density at radius 1 is 1.24 bits per heavy atom. The van der Waals surface area contributed by atoms with Crippen molar-refractivity contribution in [3.05, 3.63) is 59.5 Å². The van der Waals surface area contributed by atoms with E-state index in [2.05, 4.69) is 71.3 Å². The van der Waals surface area contributed by atoms with Gasteiger partial charge >= 0.3 is 0 Å². The van der Waals surface area contributed by atoms with Crippen LogP contribution in [0.2, 0.25) is 0 Å². The fourth-order valence-electron chi connectivity index (χ4n) is 3.82. The van der Waals surface area contributed by atoms with Crippen LogP contribution in [0.3, 0.4) is 0 Å². The molecule has 25 heavy (non-hydrogen) atoms. The van der Waals surface area contributed by atoms with E-state index < -0.39 is 0 Å². The smallest absolute Gasteiger partial charge is 0.0702 e. The van der Waals surface area contributed by atoms with Gasteiger partial charge in [-0.2, -0.15) is 5.10 Å². The van der Waals surface area contributed by atoms with Gasteiger partial charge in [-0.15, -0.1) is 0 Å². The highest BCUT2D eigenvalue weighted by molar-refractivity contribution is 5.78. The predicted octanol–water partition coefficient (Wildman–Crippen LogP) is 4.35. The van der Waals surface area contributed by atoms with Gasteiger partial charge in [-0.3, -0.25) is 9.67 Å². The number of nitrogens with one attached hydrogen (secondary N) is 1. The lowest BCUT2D eigenvalue weighted by molar-refractivity contribution is 0.334. The zero-order valence-corrected chi connectivity index (χ0v) is 15.3. The Bertz CT molecular complexity index is 888. The van der Waals surface area contributed by atoms with E-state index in [9.17, 15) is 0 Å². The molecule has 2 aromatic heterocycles. The van der Waals surface area contributed by atoms with Crippen molar-refractivity contribution in [2.24, 2.45) is 0 Å². The molecule has 0 saturated carbocycles.